The van der Waals surface area contributed by atoms with Gasteiger partial charge in [0.2, 0.25) is 0 Å². The smallest absolute Gasteiger partial charge is 0.0452 e. The molecule has 0 amide bonds. The van der Waals surface area contributed by atoms with Crippen molar-refractivity contribution in [2.75, 3.05) is 26.2 Å². The highest BCUT2D eigenvalue weighted by Gasteiger charge is 2.17. The second-order valence-electron chi connectivity index (χ2n) is 5.26. The number of nitrogens with one attached hydrogen (secondary N) is 1. The fraction of sp³-hybridized carbons (Fsp3) is 0.600. The lowest BCUT2D eigenvalue weighted by molar-refractivity contribution is 0.207. The summed E-state index contributed by atoms with van der Waals surface area (Å²) in [4.78, 5) is 2.47. The van der Waals surface area contributed by atoms with Crippen LogP contribution in [-0.2, 0) is 6.54 Å². The van der Waals surface area contributed by atoms with Crippen molar-refractivity contribution in [3.8, 4) is 0 Å². The number of hydrogen-bond donors (Lipinski definition) is 1. The first-order valence-corrected chi connectivity index (χ1v) is 7.81. The van der Waals surface area contributed by atoms with Crippen molar-refractivity contribution < 1.29 is 0 Å². The molecule has 2 nitrogen and oxygen atoms in total. The largest absolute Gasteiger partial charge is 0.317 e. The Morgan fingerprint density at radius 3 is 2.68 bits per heavy atom. The molecule has 0 saturated carbocycles. The Labute approximate surface area is 126 Å². The van der Waals surface area contributed by atoms with Gasteiger partial charge in [0.1, 0.15) is 0 Å². The molecule has 0 atom stereocenters. The van der Waals surface area contributed by atoms with E-state index in [1.54, 1.807) is 0 Å². The van der Waals surface area contributed by atoms with Crippen molar-refractivity contribution >= 4 is 23.2 Å². The van der Waals surface area contributed by atoms with Crippen LogP contribution in [0.2, 0.25) is 10.0 Å². The predicted molar refractivity (Wildman–Crippen MR) is 83.0 cm³/mol. The van der Waals surface area contributed by atoms with Gasteiger partial charge in [0.25, 0.3) is 0 Å². The summed E-state index contributed by atoms with van der Waals surface area (Å²) in [6.45, 7) is 7.60. The number of nitrogens with zero attached hydrogens (tertiary/aromatic N) is 1. The molecule has 1 aliphatic heterocycles. The fourth-order valence-corrected chi connectivity index (χ4v) is 3.01. The summed E-state index contributed by atoms with van der Waals surface area (Å²) in [6, 6.07) is 5.71. The monoisotopic (exact) mass is 300 g/mol. The number of halogens is 2. The summed E-state index contributed by atoms with van der Waals surface area (Å²) in [6.07, 6.45) is 2.56. The summed E-state index contributed by atoms with van der Waals surface area (Å²) in [5, 5.41) is 4.99. The van der Waals surface area contributed by atoms with Gasteiger partial charge in [0, 0.05) is 23.1 Å². The molecule has 2 rings (SSSR count). The van der Waals surface area contributed by atoms with Crippen LogP contribution in [0.25, 0.3) is 0 Å². The van der Waals surface area contributed by atoms with Crippen LogP contribution in [0, 0.1) is 5.92 Å². The molecule has 1 fully saturated rings. The molecule has 4 heteroatoms. The minimum Gasteiger partial charge on any atom is -0.317 e. The molecule has 0 bridgehead atoms. The molecule has 106 valence electrons. The van der Waals surface area contributed by atoms with Crippen LogP contribution in [0.5, 0.6) is 0 Å². The lowest BCUT2D eigenvalue weighted by Crippen LogP contribution is -2.35. The minimum absolute atomic E-state index is 0.761. The summed E-state index contributed by atoms with van der Waals surface area (Å²) >= 11 is 12.3. The second kappa shape index (κ2) is 7.49. The molecule has 1 saturated heterocycles. The van der Waals surface area contributed by atoms with E-state index in [0.29, 0.717) is 0 Å². The van der Waals surface area contributed by atoms with Gasteiger partial charge in [-0.1, -0.05) is 30.1 Å². The van der Waals surface area contributed by atoms with Gasteiger partial charge < -0.3 is 5.32 Å². The van der Waals surface area contributed by atoms with Crippen molar-refractivity contribution in [2.24, 2.45) is 5.92 Å². The van der Waals surface area contributed by atoms with Gasteiger partial charge in [-0.3, -0.25) is 4.90 Å². The normalized spacial score (nSPS) is 17.1. The Morgan fingerprint density at radius 2 is 2.00 bits per heavy atom. The molecule has 0 unspecified atom stereocenters. The molecule has 19 heavy (non-hydrogen) atoms. The summed E-state index contributed by atoms with van der Waals surface area (Å²) < 4.78 is 0. The maximum Gasteiger partial charge on any atom is 0.0452 e. The zero-order valence-electron chi connectivity index (χ0n) is 11.5. The van der Waals surface area contributed by atoms with Crippen LogP contribution >= 0.6 is 23.2 Å². The third-order valence-corrected chi connectivity index (χ3v) is 4.43. The number of hydrogen-bond acceptors (Lipinski definition) is 2. The average Bonchev–Trinajstić information content (AvgIpc) is 2.43. The third kappa shape index (κ3) is 4.64. The van der Waals surface area contributed by atoms with E-state index < -0.39 is 0 Å². The van der Waals surface area contributed by atoms with Gasteiger partial charge in [-0.05, 0) is 62.2 Å². The van der Waals surface area contributed by atoms with E-state index in [1.165, 1.54) is 12.8 Å². The lowest BCUT2D eigenvalue weighted by atomic mass is 9.97. The van der Waals surface area contributed by atoms with Crippen LogP contribution in [0.4, 0.5) is 0 Å². The van der Waals surface area contributed by atoms with E-state index >= 15 is 0 Å². The van der Waals surface area contributed by atoms with Crippen LogP contribution in [-0.4, -0.2) is 31.1 Å². The molecule has 0 aromatic heterocycles. The topological polar surface area (TPSA) is 15.3 Å². The van der Waals surface area contributed by atoms with Crippen LogP contribution in [0.3, 0.4) is 0 Å². The summed E-state index contributed by atoms with van der Waals surface area (Å²) in [5.41, 5.74) is 1.13. The van der Waals surface area contributed by atoms with E-state index in [4.69, 9.17) is 23.2 Å². The first-order valence-electron chi connectivity index (χ1n) is 7.06. The maximum atomic E-state index is 6.24. The molecule has 0 radical (unpaired) electrons. The molecule has 0 aliphatic carbocycles. The number of benzene rings is 1. The quantitative estimate of drug-likeness (QED) is 0.889. The van der Waals surface area contributed by atoms with Crippen molar-refractivity contribution in [3.05, 3.63) is 33.8 Å². The Hall–Kier alpha value is -0.280. The first kappa shape index (κ1) is 15.1. The Kier molecular flexibility index (Phi) is 5.96. The van der Waals surface area contributed by atoms with Crippen LogP contribution in [0.1, 0.15) is 25.3 Å². The minimum atomic E-state index is 0.761. The van der Waals surface area contributed by atoms with Gasteiger partial charge in [-0.25, -0.2) is 0 Å². The van der Waals surface area contributed by atoms with Gasteiger partial charge in [-0.2, -0.15) is 0 Å². The molecule has 1 heterocycles. The van der Waals surface area contributed by atoms with Gasteiger partial charge in [0.15, 0.2) is 0 Å². The van der Waals surface area contributed by atoms with E-state index in [2.05, 4.69) is 17.1 Å². The molecule has 1 aromatic rings. The number of piperidine rings is 1. The first-order chi connectivity index (χ1) is 9.19. The van der Waals surface area contributed by atoms with E-state index in [9.17, 15) is 0 Å². The lowest BCUT2D eigenvalue weighted by Gasteiger charge is -2.29. The van der Waals surface area contributed by atoms with Gasteiger partial charge in [0.05, 0.1) is 0 Å². The summed E-state index contributed by atoms with van der Waals surface area (Å²) in [5.74, 6) is 0.805. The van der Waals surface area contributed by atoms with Gasteiger partial charge >= 0.3 is 0 Å². The van der Waals surface area contributed by atoms with E-state index in [-0.39, 0.29) is 0 Å². The highest BCUT2D eigenvalue weighted by atomic mass is 35.5. The molecular formula is C15H22Cl2N2. The maximum absolute atomic E-state index is 6.24. The van der Waals surface area contributed by atoms with Crippen molar-refractivity contribution in [2.45, 2.75) is 26.3 Å². The third-order valence-electron chi connectivity index (χ3n) is 3.82. The van der Waals surface area contributed by atoms with E-state index in [0.717, 1.165) is 54.3 Å². The van der Waals surface area contributed by atoms with Crippen LogP contribution in [0.15, 0.2) is 18.2 Å². The molecular weight excluding hydrogens is 279 g/mol. The fourth-order valence-electron chi connectivity index (χ4n) is 2.64. The zero-order valence-corrected chi connectivity index (χ0v) is 13.0. The molecule has 0 spiro atoms. The SMILES string of the molecule is CCN(Cc1cc(Cl)ccc1Cl)CC1CCNCC1. The van der Waals surface area contributed by atoms with Crippen molar-refractivity contribution in [1.29, 1.82) is 0 Å². The van der Waals surface area contributed by atoms with E-state index in [1.807, 2.05) is 18.2 Å². The van der Waals surface area contributed by atoms with Crippen molar-refractivity contribution in [1.82, 2.24) is 10.2 Å². The molecule has 1 N–H and O–H groups in total. The molecule has 1 aliphatic rings. The van der Waals surface area contributed by atoms with Crippen molar-refractivity contribution in [3.63, 3.8) is 0 Å². The summed E-state index contributed by atoms with van der Waals surface area (Å²) in [7, 11) is 0. The Balaban J connectivity index is 1.95. The predicted octanol–water partition coefficient (Wildman–Crippen LogP) is 3.81. The van der Waals surface area contributed by atoms with Gasteiger partial charge in [-0.15, -0.1) is 0 Å². The Morgan fingerprint density at radius 1 is 1.26 bits per heavy atom. The number of rotatable bonds is 5. The average molecular weight is 301 g/mol. The highest BCUT2D eigenvalue weighted by molar-refractivity contribution is 6.33. The zero-order chi connectivity index (χ0) is 13.7. The highest BCUT2D eigenvalue weighted by Crippen LogP contribution is 2.23. The second-order valence-corrected chi connectivity index (χ2v) is 6.10. The Bertz CT molecular complexity index is 403. The molecule has 1 aromatic carbocycles. The van der Waals surface area contributed by atoms with Crippen LogP contribution < -0.4 is 5.32 Å². The standard InChI is InChI=1S/C15H22Cl2N2/c1-2-19(10-12-5-7-18-8-6-12)11-13-9-14(16)3-4-15(13)17/h3-4,9,12,18H,2,5-8,10-11H2,1H3.